The molecule has 0 saturated heterocycles. The van der Waals surface area contributed by atoms with Crippen LogP contribution >= 0.6 is 0 Å². The van der Waals surface area contributed by atoms with E-state index in [1.54, 1.807) is 0 Å². The van der Waals surface area contributed by atoms with Gasteiger partial charge in [0, 0.05) is 19.3 Å². The van der Waals surface area contributed by atoms with E-state index in [1.807, 2.05) is 0 Å². The normalized spacial score (nSPS) is 13.1. The van der Waals surface area contributed by atoms with E-state index in [0.29, 0.717) is 0 Å². The fourth-order valence-electron chi connectivity index (χ4n) is 1.18. The first-order chi connectivity index (χ1) is 6.85. The van der Waals surface area contributed by atoms with Gasteiger partial charge in [-0.25, -0.2) is 0 Å². The maximum absolute atomic E-state index is 9.04. The van der Waals surface area contributed by atoms with Crippen molar-refractivity contribution in [2.75, 3.05) is 26.4 Å². The lowest BCUT2D eigenvalue weighted by molar-refractivity contribution is 0.111. The van der Waals surface area contributed by atoms with Crippen molar-refractivity contribution >= 4 is 0 Å². The Hall–Kier alpha value is -0.120. The van der Waals surface area contributed by atoms with Crippen LogP contribution in [0.3, 0.4) is 0 Å². The number of rotatable bonds is 10. The standard InChI is InChI=1S/C11H25NO2/c1-3-5-8-14-9-6-11(10-13)12-7-4-2/h11-13H,3-10H2,1-2H3. The minimum atomic E-state index is 0.205. The molecule has 0 aliphatic rings. The SMILES string of the molecule is CCCCOCCC(CO)NCCC. The van der Waals surface area contributed by atoms with Gasteiger partial charge in [0.15, 0.2) is 0 Å². The van der Waals surface area contributed by atoms with Crippen molar-refractivity contribution in [3.05, 3.63) is 0 Å². The van der Waals surface area contributed by atoms with Gasteiger partial charge in [-0.1, -0.05) is 20.3 Å². The van der Waals surface area contributed by atoms with Crippen LogP contribution in [0.2, 0.25) is 0 Å². The number of nitrogens with one attached hydrogen (secondary N) is 1. The highest BCUT2D eigenvalue weighted by Crippen LogP contribution is 1.94. The van der Waals surface area contributed by atoms with Crippen molar-refractivity contribution in [3.8, 4) is 0 Å². The highest BCUT2D eigenvalue weighted by Gasteiger charge is 2.04. The highest BCUT2D eigenvalue weighted by molar-refractivity contribution is 4.64. The molecule has 0 aliphatic heterocycles. The largest absolute Gasteiger partial charge is 0.395 e. The van der Waals surface area contributed by atoms with E-state index in [-0.39, 0.29) is 12.6 Å². The first-order valence-corrected chi connectivity index (χ1v) is 5.77. The van der Waals surface area contributed by atoms with Crippen molar-refractivity contribution < 1.29 is 9.84 Å². The molecule has 1 atom stereocenters. The third-order valence-corrected chi connectivity index (χ3v) is 2.16. The van der Waals surface area contributed by atoms with Crippen LogP contribution in [0, 0.1) is 0 Å². The minimum absolute atomic E-state index is 0.205. The lowest BCUT2D eigenvalue weighted by atomic mass is 10.2. The van der Waals surface area contributed by atoms with Gasteiger partial charge in [-0.2, -0.15) is 0 Å². The van der Waals surface area contributed by atoms with Gasteiger partial charge in [0.25, 0.3) is 0 Å². The van der Waals surface area contributed by atoms with Gasteiger partial charge >= 0.3 is 0 Å². The lowest BCUT2D eigenvalue weighted by Gasteiger charge is -2.15. The number of ether oxygens (including phenoxy) is 1. The fourth-order valence-corrected chi connectivity index (χ4v) is 1.18. The molecule has 0 heterocycles. The number of hydrogen-bond acceptors (Lipinski definition) is 3. The van der Waals surface area contributed by atoms with Crippen LogP contribution in [-0.2, 0) is 4.74 Å². The van der Waals surface area contributed by atoms with Crippen molar-refractivity contribution in [1.29, 1.82) is 0 Å². The molecule has 1 unspecified atom stereocenters. The zero-order valence-electron chi connectivity index (χ0n) is 9.59. The molecule has 0 fully saturated rings. The summed E-state index contributed by atoms with van der Waals surface area (Å²) in [6.45, 7) is 7.06. The molecule has 0 radical (unpaired) electrons. The average Bonchev–Trinajstić information content (AvgIpc) is 2.22. The van der Waals surface area contributed by atoms with Gasteiger partial charge in [0.2, 0.25) is 0 Å². The zero-order valence-corrected chi connectivity index (χ0v) is 9.59. The van der Waals surface area contributed by atoms with E-state index in [4.69, 9.17) is 9.84 Å². The first-order valence-electron chi connectivity index (χ1n) is 5.77. The Labute approximate surface area is 87.8 Å². The Morgan fingerprint density at radius 3 is 2.57 bits per heavy atom. The van der Waals surface area contributed by atoms with E-state index in [2.05, 4.69) is 19.2 Å². The van der Waals surface area contributed by atoms with Gasteiger partial charge in [0.1, 0.15) is 0 Å². The molecule has 0 spiro atoms. The smallest absolute Gasteiger partial charge is 0.0585 e. The van der Waals surface area contributed by atoms with Gasteiger partial charge in [0.05, 0.1) is 6.61 Å². The van der Waals surface area contributed by atoms with Crippen molar-refractivity contribution in [2.24, 2.45) is 0 Å². The molecular formula is C11H25NO2. The van der Waals surface area contributed by atoms with E-state index in [1.165, 1.54) is 6.42 Å². The average molecular weight is 203 g/mol. The molecule has 14 heavy (non-hydrogen) atoms. The second-order valence-electron chi connectivity index (χ2n) is 3.59. The molecule has 3 nitrogen and oxygen atoms in total. The highest BCUT2D eigenvalue weighted by atomic mass is 16.5. The molecule has 0 aliphatic carbocycles. The van der Waals surface area contributed by atoms with Gasteiger partial charge in [-0.15, -0.1) is 0 Å². The van der Waals surface area contributed by atoms with Crippen LogP contribution < -0.4 is 5.32 Å². The summed E-state index contributed by atoms with van der Waals surface area (Å²) in [6.07, 6.45) is 4.32. The van der Waals surface area contributed by atoms with Crippen LogP contribution in [0.15, 0.2) is 0 Å². The predicted octanol–water partition coefficient (Wildman–Crippen LogP) is 1.55. The third kappa shape index (κ3) is 8.48. The predicted molar refractivity (Wildman–Crippen MR) is 59.5 cm³/mol. The van der Waals surface area contributed by atoms with Crippen LogP contribution in [-0.4, -0.2) is 37.5 Å². The molecule has 86 valence electrons. The van der Waals surface area contributed by atoms with Crippen molar-refractivity contribution in [2.45, 2.75) is 45.6 Å². The van der Waals surface area contributed by atoms with Crippen molar-refractivity contribution in [3.63, 3.8) is 0 Å². The summed E-state index contributed by atoms with van der Waals surface area (Å²) < 4.78 is 5.44. The van der Waals surface area contributed by atoms with Crippen molar-refractivity contribution in [1.82, 2.24) is 5.32 Å². The van der Waals surface area contributed by atoms with Crippen LogP contribution in [0.25, 0.3) is 0 Å². The summed E-state index contributed by atoms with van der Waals surface area (Å²) in [6, 6.07) is 0.205. The maximum Gasteiger partial charge on any atom is 0.0585 e. The molecule has 3 heteroatoms. The molecule has 0 aromatic heterocycles. The molecule has 0 aromatic rings. The third-order valence-electron chi connectivity index (χ3n) is 2.16. The lowest BCUT2D eigenvalue weighted by Crippen LogP contribution is -2.34. The first kappa shape index (κ1) is 13.9. The Bertz CT molecular complexity index is 109. The van der Waals surface area contributed by atoms with Crippen LogP contribution in [0.1, 0.15) is 39.5 Å². The van der Waals surface area contributed by atoms with Crippen LogP contribution in [0.4, 0.5) is 0 Å². The van der Waals surface area contributed by atoms with E-state index < -0.39 is 0 Å². The van der Waals surface area contributed by atoms with Gasteiger partial charge in [-0.3, -0.25) is 0 Å². The maximum atomic E-state index is 9.04. The quantitative estimate of drug-likeness (QED) is 0.529. The Morgan fingerprint density at radius 2 is 2.00 bits per heavy atom. The summed E-state index contributed by atoms with van der Waals surface area (Å²) in [7, 11) is 0. The summed E-state index contributed by atoms with van der Waals surface area (Å²) in [5.41, 5.74) is 0. The second kappa shape index (κ2) is 11.0. The van der Waals surface area contributed by atoms with Gasteiger partial charge < -0.3 is 15.2 Å². The zero-order chi connectivity index (χ0) is 10.6. The molecule has 2 N–H and O–H groups in total. The fraction of sp³-hybridized carbons (Fsp3) is 1.00. The Kier molecular flexibility index (Phi) is 10.9. The summed E-state index contributed by atoms with van der Waals surface area (Å²) in [5.74, 6) is 0. The molecular weight excluding hydrogens is 178 g/mol. The Morgan fingerprint density at radius 1 is 1.21 bits per heavy atom. The molecule has 0 rings (SSSR count). The summed E-state index contributed by atoms with van der Waals surface area (Å²) in [5, 5.41) is 12.3. The number of aliphatic hydroxyl groups is 1. The van der Waals surface area contributed by atoms with Crippen LogP contribution in [0.5, 0.6) is 0 Å². The second-order valence-corrected chi connectivity index (χ2v) is 3.59. The Balaban J connectivity index is 3.24. The minimum Gasteiger partial charge on any atom is -0.395 e. The van der Waals surface area contributed by atoms with E-state index in [9.17, 15) is 0 Å². The molecule has 0 saturated carbocycles. The number of hydrogen-bond donors (Lipinski definition) is 2. The molecule has 0 bridgehead atoms. The van der Waals surface area contributed by atoms with E-state index >= 15 is 0 Å². The number of aliphatic hydroxyl groups excluding tert-OH is 1. The monoisotopic (exact) mass is 203 g/mol. The summed E-state index contributed by atoms with van der Waals surface area (Å²) >= 11 is 0. The summed E-state index contributed by atoms with van der Waals surface area (Å²) in [4.78, 5) is 0. The van der Waals surface area contributed by atoms with E-state index in [0.717, 1.165) is 39.0 Å². The van der Waals surface area contributed by atoms with Gasteiger partial charge in [-0.05, 0) is 25.8 Å². The molecule has 0 aromatic carbocycles. The molecule has 0 amide bonds. The number of unbranched alkanes of at least 4 members (excludes halogenated alkanes) is 1. The topological polar surface area (TPSA) is 41.5 Å².